The van der Waals surface area contributed by atoms with E-state index >= 15 is 0 Å². The number of aromatic nitrogens is 1. The molecule has 1 fully saturated rings. The Hall–Kier alpha value is -1.75. The van der Waals surface area contributed by atoms with Gasteiger partial charge in [-0.1, -0.05) is 12.1 Å². The first-order chi connectivity index (χ1) is 9.24. The molecule has 98 valence electrons. The van der Waals surface area contributed by atoms with Crippen molar-refractivity contribution in [3.8, 4) is 11.3 Å². The van der Waals surface area contributed by atoms with E-state index in [0.717, 1.165) is 25.9 Å². The molecule has 0 radical (unpaired) electrons. The van der Waals surface area contributed by atoms with Crippen molar-refractivity contribution in [2.45, 2.75) is 12.8 Å². The van der Waals surface area contributed by atoms with Crippen LogP contribution in [-0.2, 0) is 0 Å². The topological polar surface area (TPSA) is 33.2 Å². The van der Waals surface area contributed by atoms with Crippen molar-refractivity contribution in [3.63, 3.8) is 0 Å². The molecule has 0 saturated carbocycles. The highest BCUT2D eigenvalue weighted by Gasteiger charge is 2.21. The summed E-state index contributed by atoms with van der Waals surface area (Å²) >= 11 is 1.18. The summed E-state index contributed by atoms with van der Waals surface area (Å²) in [5.74, 6) is -0.254. The molecular weight excluding hydrogens is 263 g/mol. The Labute approximate surface area is 114 Å². The van der Waals surface area contributed by atoms with Gasteiger partial charge in [0.05, 0.1) is 5.69 Å². The maximum Gasteiger partial charge on any atom is 0.265 e. The van der Waals surface area contributed by atoms with Crippen molar-refractivity contribution in [1.82, 2.24) is 9.27 Å². The molecule has 2 heterocycles. The second kappa shape index (κ2) is 5.09. The lowest BCUT2D eigenvalue weighted by atomic mass is 10.1. The zero-order valence-electron chi connectivity index (χ0n) is 10.3. The van der Waals surface area contributed by atoms with Crippen LogP contribution in [0.1, 0.15) is 22.5 Å². The fraction of sp³-hybridized carbons (Fsp3) is 0.286. The average Bonchev–Trinajstić information content (AvgIpc) is 3.10. The average molecular weight is 276 g/mol. The Morgan fingerprint density at radius 3 is 2.79 bits per heavy atom. The second-order valence-electron chi connectivity index (χ2n) is 4.59. The van der Waals surface area contributed by atoms with E-state index in [1.165, 1.54) is 23.7 Å². The predicted molar refractivity (Wildman–Crippen MR) is 72.6 cm³/mol. The molecule has 1 amide bonds. The molecule has 5 heteroatoms. The Bertz CT molecular complexity index is 605. The summed E-state index contributed by atoms with van der Waals surface area (Å²) in [4.78, 5) is 14.7. The number of carbonyl (C=O) groups excluding carboxylic acids is 1. The molecule has 3 nitrogen and oxygen atoms in total. The fourth-order valence-corrected chi connectivity index (χ4v) is 2.96. The number of hydrogen-bond acceptors (Lipinski definition) is 3. The van der Waals surface area contributed by atoms with Gasteiger partial charge in [0, 0.05) is 18.7 Å². The number of amides is 1. The van der Waals surface area contributed by atoms with Gasteiger partial charge in [-0.25, -0.2) is 4.39 Å². The number of halogens is 1. The van der Waals surface area contributed by atoms with Gasteiger partial charge in [-0.3, -0.25) is 4.79 Å². The van der Waals surface area contributed by atoms with Crippen molar-refractivity contribution in [2.75, 3.05) is 13.1 Å². The quantitative estimate of drug-likeness (QED) is 0.844. The van der Waals surface area contributed by atoms with Crippen LogP contribution in [0.2, 0.25) is 0 Å². The molecule has 0 spiro atoms. The Kier molecular flexibility index (Phi) is 3.29. The first kappa shape index (κ1) is 12.3. The van der Waals surface area contributed by atoms with Crippen LogP contribution in [0.5, 0.6) is 0 Å². The molecule has 1 aliphatic rings. The third-order valence-electron chi connectivity index (χ3n) is 3.23. The standard InChI is InChI=1S/C14H13FN2OS/c15-11-5-3-4-10(8-11)12-9-13(19-16-12)14(18)17-6-1-2-7-17/h3-5,8-9H,1-2,6-7H2. The van der Waals surface area contributed by atoms with Gasteiger partial charge in [0.2, 0.25) is 0 Å². The number of rotatable bonds is 2. The van der Waals surface area contributed by atoms with Gasteiger partial charge in [-0.05, 0) is 42.6 Å². The molecule has 3 rings (SSSR count). The Morgan fingerprint density at radius 2 is 2.05 bits per heavy atom. The van der Waals surface area contributed by atoms with Crippen LogP contribution in [-0.4, -0.2) is 28.3 Å². The largest absolute Gasteiger partial charge is 0.338 e. The Balaban J connectivity index is 1.85. The van der Waals surface area contributed by atoms with Gasteiger partial charge in [-0.2, -0.15) is 4.37 Å². The molecule has 0 atom stereocenters. The summed E-state index contributed by atoms with van der Waals surface area (Å²) < 4.78 is 17.4. The highest BCUT2D eigenvalue weighted by molar-refractivity contribution is 7.08. The van der Waals surface area contributed by atoms with E-state index in [1.54, 1.807) is 18.2 Å². The molecule has 0 bridgehead atoms. The van der Waals surface area contributed by atoms with E-state index in [-0.39, 0.29) is 11.7 Å². The summed E-state index contributed by atoms with van der Waals surface area (Å²) in [5.41, 5.74) is 1.36. The summed E-state index contributed by atoms with van der Waals surface area (Å²) in [6.07, 6.45) is 2.14. The number of nitrogens with zero attached hydrogens (tertiary/aromatic N) is 2. The normalized spacial score (nSPS) is 14.9. The first-order valence-electron chi connectivity index (χ1n) is 6.26. The third-order valence-corrected chi connectivity index (χ3v) is 4.01. The third kappa shape index (κ3) is 2.51. The van der Waals surface area contributed by atoms with Crippen molar-refractivity contribution in [2.24, 2.45) is 0 Å². The van der Waals surface area contributed by atoms with Gasteiger partial charge >= 0.3 is 0 Å². The minimum atomic E-state index is -0.294. The van der Waals surface area contributed by atoms with Gasteiger partial charge in [0.15, 0.2) is 0 Å². The van der Waals surface area contributed by atoms with Gasteiger partial charge in [-0.15, -0.1) is 0 Å². The summed E-state index contributed by atoms with van der Waals surface area (Å²) in [7, 11) is 0. The molecule has 0 unspecified atom stereocenters. The maximum atomic E-state index is 13.2. The van der Waals surface area contributed by atoms with Crippen molar-refractivity contribution >= 4 is 17.4 Å². The minimum Gasteiger partial charge on any atom is -0.338 e. The summed E-state index contributed by atoms with van der Waals surface area (Å²) in [5, 5.41) is 0. The van der Waals surface area contributed by atoms with Crippen LogP contribution in [0.25, 0.3) is 11.3 Å². The second-order valence-corrected chi connectivity index (χ2v) is 5.39. The monoisotopic (exact) mass is 276 g/mol. The predicted octanol–water partition coefficient (Wildman–Crippen LogP) is 3.19. The zero-order chi connectivity index (χ0) is 13.2. The zero-order valence-corrected chi connectivity index (χ0v) is 11.1. The molecule has 1 aromatic heterocycles. The molecule has 1 aliphatic heterocycles. The number of likely N-dealkylation sites (tertiary alicyclic amines) is 1. The lowest BCUT2D eigenvalue weighted by Crippen LogP contribution is -2.26. The van der Waals surface area contributed by atoms with E-state index in [9.17, 15) is 9.18 Å². The summed E-state index contributed by atoms with van der Waals surface area (Å²) in [6.45, 7) is 1.65. The Morgan fingerprint density at radius 1 is 1.26 bits per heavy atom. The molecule has 1 saturated heterocycles. The van der Waals surface area contributed by atoms with E-state index in [4.69, 9.17) is 0 Å². The van der Waals surface area contributed by atoms with Crippen LogP contribution in [0.3, 0.4) is 0 Å². The van der Waals surface area contributed by atoms with Crippen LogP contribution in [0, 0.1) is 5.82 Å². The minimum absolute atomic E-state index is 0.0395. The lowest BCUT2D eigenvalue weighted by molar-refractivity contribution is 0.0797. The smallest absolute Gasteiger partial charge is 0.265 e. The number of carbonyl (C=O) groups is 1. The van der Waals surface area contributed by atoms with Crippen molar-refractivity contribution < 1.29 is 9.18 Å². The van der Waals surface area contributed by atoms with E-state index < -0.39 is 0 Å². The van der Waals surface area contributed by atoms with Crippen LogP contribution >= 0.6 is 11.5 Å². The van der Waals surface area contributed by atoms with Crippen molar-refractivity contribution in [1.29, 1.82) is 0 Å². The summed E-state index contributed by atoms with van der Waals surface area (Å²) in [6, 6.07) is 8.01. The highest BCUT2D eigenvalue weighted by Crippen LogP contribution is 2.24. The SMILES string of the molecule is O=C(c1cc(-c2cccc(F)c2)ns1)N1CCCC1. The molecular formula is C14H13FN2OS. The number of hydrogen-bond donors (Lipinski definition) is 0. The molecule has 0 N–H and O–H groups in total. The van der Waals surface area contributed by atoms with Crippen LogP contribution < -0.4 is 0 Å². The number of benzene rings is 1. The first-order valence-corrected chi connectivity index (χ1v) is 7.03. The fourth-order valence-electron chi connectivity index (χ4n) is 2.24. The van der Waals surface area contributed by atoms with E-state index in [0.29, 0.717) is 16.1 Å². The van der Waals surface area contributed by atoms with E-state index in [2.05, 4.69) is 4.37 Å². The lowest BCUT2D eigenvalue weighted by Gasteiger charge is -2.12. The van der Waals surface area contributed by atoms with Crippen LogP contribution in [0.15, 0.2) is 30.3 Å². The molecule has 1 aromatic carbocycles. The highest BCUT2D eigenvalue weighted by atomic mass is 32.1. The molecule has 2 aromatic rings. The van der Waals surface area contributed by atoms with E-state index in [1.807, 2.05) is 4.90 Å². The maximum absolute atomic E-state index is 13.2. The molecule has 19 heavy (non-hydrogen) atoms. The molecule has 0 aliphatic carbocycles. The van der Waals surface area contributed by atoms with Gasteiger partial charge in [0.1, 0.15) is 10.7 Å². The van der Waals surface area contributed by atoms with Gasteiger partial charge in [0.25, 0.3) is 5.91 Å². The van der Waals surface area contributed by atoms with Gasteiger partial charge < -0.3 is 4.90 Å². The van der Waals surface area contributed by atoms with Crippen LogP contribution in [0.4, 0.5) is 4.39 Å². The van der Waals surface area contributed by atoms with Crippen molar-refractivity contribution in [3.05, 3.63) is 41.0 Å².